The van der Waals surface area contributed by atoms with E-state index in [2.05, 4.69) is 10.3 Å². The normalized spacial score (nSPS) is 11.1. The van der Waals surface area contributed by atoms with Crippen LogP contribution in [0.3, 0.4) is 0 Å². The van der Waals surface area contributed by atoms with Gasteiger partial charge < -0.3 is 14.6 Å². The number of ether oxygens (including phenoxy) is 2. The molecule has 1 atom stereocenters. The summed E-state index contributed by atoms with van der Waals surface area (Å²) in [6, 6.07) is 14.5. The minimum absolute atomic E-state index is 0.0129. The number of aliphatic imine (C=N–C) groups is 1. The van der Waals surface area contributed by atoms with Gasteiger partial charge in [0.15, 0.2) is 0 Å². The van der Waals surface area contributed by atoms with Crippen molar-refractivity contribution >= 4 is 35.5 Å². The molecule has 0 aliphatic carbocycles. The molecule has 2 aromatic rings. The first-order valence-electron chi connectivity index (χ1n) is 10.5. The fourth-order valence-electron chi connectivity index (χ4n) is 2.87. The van der Waals surface area contributed by atoms with Crippen LogP contribution in [0.2, 0.25) is 0 Å². The molecule has 0 bridgehead atoms. The van der Waals surface area contributed by atoms with Crippen molar-refractivity contribution < 1.29 is 33.8 Å². The first kappa shape index (κ1) is 25.3. The van der Waals surface area contributed by atoms with Crippen molar-refractivity contribution in [1.29, 1.82) is 0 Å². The molecule has 0 aliphatic heterocycles. The molecule has 0 spiro atoms. The van der Waals surface area contributed by atoms with Crippen molar-refractivity contribution in [2.24, 2.45) is 4.99 Å². The fraction of sp³-hybridized carbons (Fsp3) is 0.333. The zero-order chi connectivity index (χ0) is 24.1. The molecule has 0 heterocycles. The number of benzene rings is 2. The van der Waals surface area contributed by atoms with Crippen LogP contribution in [0.5, 0.6) is 0 Å². The standard InChI is InChI=1S/C24H26N2O7/c1-17(15-32-23(30)5-3-2-4-22(28)29)33-24(31)26-21-12-8-19(9-13-21)14-18-6-10-20(11-7-18)25-16-27/h6-13,17H,2-5,14-15H2,1H3,(H,26,31)(H,28,29). The maximum atomic E-state index is 12.0. The van der Waals surface area contributed by atoms with E-state index in [1.54, 1.807) is 31.2 Å². The molecule has 0 aromatic heterocycles. The molecule has 0 saturated heterocycles. The number of rotatable bonds is 12. The van der Waals surface area contributed by atoms with Gasteiger partial charge in [0.25, 0.3) is 0 Å². The third-order valence-electron chi connectivity index (χ3n) is 4.53. The lowest BCUT2D eigenvalue weighted by molar-refractivity contribution is -0.146. The Kier molecular flexibility index (Phi) is 10.3. The number of carboxylic acids is 1. The van der Waals surface area contributed by atoms with Gasteiger partial charge in [-0.2, -0.15) is 4.99 Å². The van der Waals surface area contributed by atoms with Crippen molar-refractivity contribution in [2.45, 2.75) is 45.1 Å². The second-order valence-electron chi connectivity index (χ2n) is 7.37. The third kappa shape index (κ3) is 10.3. The topological polar surface area (TPSA) is 131 Å². The SMILES string of the molecule is CC(COC(=O)CCCCC(=O)O)OC(=O)Nc1ccc(Cc2ccc(N=C=O)cc2)cc1. The van der Waals surface area contributed by atoms with Crippen LogP contribution in [0.4, 0.5) is 16.2 Å². The molecule has 2 rings (SSSR count). The summed E-state index contributed by atoms with van der Waals surface area (Å²) in [6.07, 6.45) is 1.83. The first-order valence-corrected chi connectivity index (χ1v) is 10.5. The van der Waals surface area contributed by atoms with Gasteiger partial charge in [-0.25, -0.2) is 9.59 Å². The predicted molar refractivity (Wildman–Crippen MR) is 120 cm³/mol. The Hall–Kier alpha value is -3.97. The minimum atomic E-state index is -0.900. The number of nitrogens with one attached hydrogen (secondary N) is 1. The molecule has 0 fully saturated rings. The Balaban J connectivity index is 1.71. The molecule has 174 valence electrons. The van der Waals surface area contributed by atoms with Crippen molar-refractivity contribution in [3.63, 3.8) is 0 Å². The highest BCUT2D eigenvalue weighted by Gasteiger charge is 2.13. The second-order valence-corrected chi connectivity index (χ2v) is 7.37. The maximum absolute atomic E-state index is 12.0. The Morgan fingerprint density at radius 2 is 1.61 bits per heavy atom. The predicted octanol–water partition coefficient (Wildman–Crippen LogP) is 4.37. The zero-order valence-electron chi connectivity index (χ0n) is 18.3. The first-order chi connectivity index (χ1) is 15.9. The number of carbonyl (C=O) groups excluding carboxylic acids is 3. The summed E-state index contributed by atoms with van der Waals surface area (Å²) in [6.45, 7) is 1.52. The number of carboxylic acid groups (broad SMARTS) is 1. The fourth-order valence-corrected chi connectivity index (χ4v) is 2.87. The number of aliphatic carboxylic acids is 1. The minimum Gasteiger partial charge on any atom is -0.481 e. The molecular formula is C24H26N2O7. The Morgan fingerprint density at radius 3 is 2.21 bits per heavy atom. The van der Waals surface area contributed by atoms with Gasteiger partial charge in [0, 0.05) is 18.5 Å². The number of isocyanates is 1. The highest BCUT2D eigenvalue weighted by Crippen LogP contribution is 2.17. The van der Waals surface area contributed by atoms with E-state index in [4.69, 9.17) is 14.6 Å². The highest BCUT2D eigenvalue weighted by molar-refractivity contribution is 5.84. The van der Waals surface area contributed by atoms with Gasteiger partial charge >= 0.3 is 18.0 Å². The molecule has 1 unspecified atom stereocenters. The van der Waals surface area contributed by atoms with Gasteiger partial charge in [-0.3, -0.25) is 14.9 Å². The van der Waals surface area contributed by atoms with Crippen LogP contribution in [0, 0.1) is 0 Å². The van der Waals surface area contributed by atoms with E-state index in [0.717, 1.165) is 11.1 Å². The molecule has 0 aliphatic rings. The largest absolute Gasteiger partial charge is 0.481 e. The quantitative estimate of drug-likeness (QED) is 0.211. The number of nitrogens with zero attached hydrogens (tertiary/aromatic N) is 1. The monoisotopic (exact) mass is 454 g/mol. The average Bonchev–Trinajstić information content (AvgIpc) is 2.78. The van der Waals surface area contributed by atoms with Gasteiger partial charge in [0.05, 0.1) is 5.69 Å². The molecular weight excluding hydrogens is 428 g/mol. The maximum Gasteiger partial charge on any atom is 0.412 e. The number of hydrogen-bond donors (Lipinski definition) is 2. The van der Waals surface area contributed by atoms with E-state index in [9.17, 15) is 19.2 Å². The molecule has 1 amide bonds. The summed E-state index contributed by atoms with van der Waals surface area (Å²) in [7, 11) is 0. The molecule has 9 heteroatoms. The lowest BCUT2D eigenvalue weighted by Crippen LogP contribution is -2.25. The Labute approximate surface area is 191 Å². The van der Waals surface area contributed by atoms with Gasteiger partial charge in [-0.05, 0) is 61.6 Å². The van der Waals surface area contributed by atoms with Crippen LogP contribution in [-0.4, -0.2) is 41.9 Å². The van der Waals surface area contributed by atoms with E-state index in [0.29, 0.717) is 30.6 Å². The van der Waals surface area contributed by atoms with Crippen molar-refractivity contribution in [2.75, 3.05) is 11.9 Å². The Bertz CT molecular complexity index is 981. The van der Waals surface area contributed by atoms with Gasteiger partial charge in [0.1, 0.15) is 12.7 Å². The molecule has 0 saturated carbocycles. The molecule has 33 heavy (non-hydrogen) atoms. The van der Waals surface area contributed by atoms with E-state index >= 15 is 0 Å². The van der Waals surface area contributed by atoms with E-state index in [1.807, 2.05) is 24.3 Å². The van der Waals surface area contributed by atoms with Crippen molar-refractivity contribution in [3.8, 4) is 0 Å². The van der Waals surface area contributed by atoms with Gasteiger partial charge in [-0.1, -0.05) is 24.3 Å². The summed E-state index contributed by atoms with van der Waals surface area (Å²) < 4.78 is 10.2. The van der Waals surface area contributed by atoms with Crippen LogP contribution in [0.15, 0.2) is 53.5 Å². The second kappa shape index (κ2) is 13.4. The lowest BCUT2D eigenvalue weighted by Gasteiger charge is -2.14. The third-order valence-corrected chi connectivity index (χ3v) is 4.53. The number of hydrogen-bond acceptors (Lipinski definition) is 7. The van der Waals surface area contributed by atoms with E-state index < -0.39 is 24.1 Å². The van der Waals surface area contributed by atoms with Crippen LogP contribution < -0.4 is 5.32 Å². The smallest absolute Gasteiger partial charge is 0.412 e. The van der Waals surface area contributed by atoms with Crippen LogP contribution in [0.1, 0.15) is 43.7 Å². The highest BCUT2D eigenvalue weighted by atomic mass is 16.6. The summed E-state index contributed by atoms with van der Waals surface area (Å²) in [5.41, 5.74) is 3.18. The summed E-state index contributed by atoms with van der Waals surface area (Å²) in [5, 5.41) is 11.2. The number of unbranched alkanes of at least 4 members (excludes halogenated alkanes) is 1. The molecule has 9 nitrogen and oxygen atoms in total. The number of amides is 1. The molecule has 0 radical (unpaired) electrons. The van der Waals surface area contributed by atoms with Gasteiger partial charge in [-0.15, -0.1) is 0 Å². The Morgan fingerprint density at radius 1 is 1.00 bits per heavy atom. The van der Waals surface area contributed by atoms with Crippen LogP contribution in [0.25, 0.3) is 0 Å². The number of anilines is 1. The van der Waals surface area contributed by atoms with Crippen molar-refractivity contribution in [3.05, 3.63) is 59.7 Å². The van der Waals surface area contributed by atoms with E-state index in [1.165, 1.54) is 6.08 Å². The van der Waals surface area contributed by atoms with Crippen molar-refractivity contribution in [1.82, 2.24) is 0 Å². The molecule has 2 aromatic carbocycles. The van der Waals surface area contributed by atoms with E-state index in [-0.39, 0.29) is 19.4 Å². The summed E-state index contributed by atoms with van der Waals surface area (Å²) >= 11 is 0. The summed E-state index contributed by atoms with van der Waals surface area (Å²) in [4.78, 5) is 47.9. The number of esters is 1. The van der Waals surface area contributed by atoms with Gasteiger partial charge in [0.2, 0.25) is 6.08 Å². The number of carbonyl (C=O) groups is 3. The zero-order valence-corrected chi connectivity index (χ0v) is 18.3. The van der Waals surface area contributed by atoms with Crippen LogP contribution in [-0.2, 0) is 30.3 Å². The van der Waals surface area contributed by atoms with Crippen LogP contribution >= 0.6 is 0 Å². The lowest BCUT2D eigenvalue weighted by atomic mass is 10.0. The summed E-state index contributed by atoms with van der Waals surface area (Å²) in [5.74, 6) is -1.36. The average molecular weight is 454 g/mol. The molecule has 2 N–H and O–H groups in total.